The fraction of sp³-hybridized carbons (Fsp3) is 0.100. The number of phenols is 1. The molecule has 0 aliphatic heterocycles. The van der Waals surface area contributed by atoms with Gasteiger partial charge in [-0.15, -0.1) is 0 Å². The van der Waals surface area contributed by atoms with Gasteiger partial charge in [-0.2, -0.15) is 0 Å². The molecule has 0 aromatic heterocycles. The molecule has 0 amide bonds. The molecule has 0 unspecified atom stereocenters. The van der Waals surface area contributed by atoms with Gasteiger partial charge in [0, 0.05) is 0 Å². The summed E-state index contributed by atoms with van der Waals surface area (Å²) >= 11 is 0. The van der Waals surface area contributed by atoms with Crippen LogP contribution >= 0.6 is 0 Å². The summed E-state index contributed by atoms with van der Waals surface area (Å²) in [5.41, 5.74) is 0.615. The number of hydrogen-bond donors (Lipinski definition) is 1. The molecule has 15 heavy (non-hydrogen) atoms. The minimum atomic E-state index is -1.37. The maximum absolute atomic E-state index is 10.4. The second kappa shape index (κ2) is 7.17. The smallest absolute Gasteiger partial charge is 0.542 e. The fourth-order valence-electron chi connectivity index (χ4n) is 0.923. The van der Waals surface area contributed by atoms with E-state index in [9.17, 15) is 9.90 Å². The number of carboxylic acids is 1. The molecule has 0 saturated carbocycles. The second-order valence-electron chi connectivity index (χ2n) is 2.59. The van der Waals surface area contributed by atoms with Crippen LogP contribution in [0.2, 0.25) is 0 Å². The molecule has 1 N–H and O–H groups in total. The number of carbonyl (C=O) groups excluding carboxylic acids is 1. The van der Waals surface area contributed by atoms with Gasteiger partial charge in [0.15, 0.2) is 0 Å². The van der Waals surface area contributed by atoms with Crippen LogP contribution < -0.4 is 63.3 Å². The van der Waals surface area contributed by atoms with Crippen molar-refractivity contribution in [1.29, 1.82) is 0 Å². The van der Waals surface area contributed by atoms with Crippen LogP contribution in [0.1, 0.15) is 5.56 Å². The third kappa shape index (κ3) is 4.93. The van der Waals surface area contributed by atoms with Crippen LogP contribution in [0.3, 0.4) is 0 Å². The largest absolute Gasteiger partial charge is 1.00 e. The molecule has 1 aromatic carbocycles. The van der Waals surface area contributed by atoms with Gasteiger partial charge in [0.05, 0.1) is 7.11 Å². The molecule has 0 aliphatic rings. The molecule has 0 heterocycles. The van der Waals surface area contributed by atoms with Crippen molar-refractivity contribution in [3.8, 4) is 5.75 Å². The molecule has 0 fully saturated rings. The van der Waals surface area contributed by atoms with Gasteiger partial charge in [-0.3, -0.25) is 0 Å². The average molecular weight is 279 g/mol. The van der Waals surface area contributed by atoms with Crippen LogP contribution in [0, 0.1) is 0 Å². The maximum atomic E-state index is 10.4. The zero-order valence-electron chi connectivity index (χ0n) is 8.56. The van der Waals surface area contributed by atoms with Crippen LogP contribution in [0.25, 0.3) is 6.08 Å². The summed E-state index contributed by atoms with van der Waals surface area (Å²) in [4.78, 5) is 10.4. The van der Waals surface area contributed by atoms with E-state index in [4.69, 9.17) is 5.11 Å². The van der Waals surface area contributed by atoms with E-state index < -0.39 is 5.97 Å². The fourth-order valence-corrected chi connectivity index (χ4v) is 0.923. The Labute approximate surface area is 136 Å². The molecule has 0 saturated heterocycles. The molecule has 0 bridgehead atoms. The Morgan fingerprint density at radius 1 is 1.40 bits per heavy atom. The minimum Gasteiger partial charge on any atom is -0.542 e. The molecule has 1 aromatic rings. The van der Waals surface area contributed by atoms with Crippen LogP contribution in [0.15, 0.2) is 30.0 Å². The Kier molecular flexibility index (Phi) is 7.09. The summed E-state index contributed by atoms with van der Waals surface area (Å²) in [5, 5.41) is 19.4. The molecule has 5 heteroatoms. The Morgan fingerprint density at radius 3 is 2.33 bits per heavy atom. The summed E-state index contributed by atoms with van der Waals surface area (Å²) < 4.78 is 4.58. The second-order valence-corrected chi connectivity index (χ2v) is 2.59. The predicted octanol–water partition coefficient (Wildman–Crippen LogP) is -2.87. The number of aliphatic carboxylic acids is 1. The molecule has 4 nitrogen and oxygen atoms in total. The number of methoxy groups -OCH3 is 1. The van der Waals surface area contributed by atoms with E-state index >= 15 is 0 Å². The van der Waals surface area contributed by atoms with Gasteiger partial charge in [-0.25, -0.2) is 0 Å². The van der Waals surface area contributed by atoms with Crippen molar-refractivity contribution >= 4 is 12.0 Å². The van der Waals surface area contributed by atoms with Crippen molar-refractivity contribution in [2.24, 2.45) is 0 Å². The zero-order chi connectivity index (χ0) is 10.6. The molecular formula is C10H9O4Rb. The number of benzene rings is 1. The van der Waals surface area contributed by atoms with Gasteiger partial charge < -0.3 is 19.7 Å². The Balaban J connectivity index is 0.00000196. The first-order chi connectivity index (χ1) is 6.63. The first-order valence-electron chi connectivity index (χ1n) is 3.89. The molecule has 0 aliphatic carbocycles. The third-order valence-electron chi connectivity index (χ3n) is 1.61. The summed E-state index contributed by atoms with van der Waals surface area (Å²) in [6, 6.07) is 6.04. The van der Waals surface area contributed by atoms with Crippen molar-refractivity contribution in [1.82, 2.24) is 0 Å². The standard InChI is InChI=1S/C10H10O4.Rb/c1-14-9(10(12)13)6-7-2-4-8(11)5-3-7;/h2-6,11H,1H3,(H,12,13);/q;+1/p-1. The quantitative estimate of drug-likeness (QED) is 0.477. The first kappa shape index (κ1) is 14.8. The Hall–Kier alpha value is -0.165. The van der Waals surface area contributed by atoms with Crippen molar-refractivity contribution in [2.75, 3.05) is 7.11 Å². The van der Waals surface area contributed by atoms with Crippen LogP contribution in [0.4, 0.5) is 0 Å². The monoisotopic (exact) mass is 278 g/mol. The summed E-state index contributed by atoms with van der Waals surface area (Å²) in [6.07, 6.45) is 1.31. The normalized spacial score (nSPS) is 10.3. The van der Waals surface area contributed by atoms with Gasteiger partial charge in [0.1, 0.15) is 17.5 Å². The van der Waals surface area contributed by atoms with Crippen LogP contribution in [-0.2, 0) is 9.53 Å². The van der Waals surface area contributed by atoms with E-state index in [1.165, 1.54) is 25.3 Å². The number of carbonyl (C=O) groups is 1. The van der Waals surface area contributed by atoms with Crippen molar-refractivity contribution < 1.29 is 77.9 Å². The van der Waals surface area contributed by atoms with E-state index in [1.807, 2.05) is 0 Å². The predicted molar refractivity (Wildman–Crippen MR) is 48.1 cm³/mol. The van der Waals surface area contributed by atoms with Gasteiger partial charge in [-0.05, 0) is 23.8 Å². The Bertz CT molecular complexity index is 356. The summed E-state index contributed by atoms with van der Waals surface area (Å²) in [5.74, 6) is -1.51. The number of rotatable bonds is 3. The molecular weight excluding hydrogens is 270 g/mol. The van der Waals surface area contributed by atoms with Crippen LogP contribution in [-0.4, -0.2) is 18.2 Å². The topological polar surface area (TPSA) is 69.6 Å². The molecule has 0 radical (unpaired) electrons. The molecule has 0 atom stereocenters. The van der Waals surface area contributed by atoms with Gasteiger partial charge in [-0.1, -0.05) is 12.1 Å². The third-order valence-corrected chi connectivity index (χ3v) is 1.61. The van der Waals surface area contributed by atoms with Gasteiger partial charge in [0.25, 0.3) is 0 Å². The van der Waals surface area contributed by atoms with E-state index in [2.05, 4.69) is 4.74 Å². The van der Waals surface area contributed by atoms with Crippen molar-refractivity contribution in [3.05, 3.63) is 35.6 Å². The number of aromatic hydroxyl groups is 1. The molecule has 0 spiro atoms. The maximum Gasteiger partial charge on any atom is 1.00 e. The zero-order valence-corrected chi connectivity index (χ0v) is 13.5. The van der Waals surface area contributed by atoms with E-state index in [0.717, 1.165) is 0 Å². The first-order valence-corrected chi connectivity index (χ1v) is 3.89. The van der Waals surface area contributed by atoms with E-state index in [-0.39, 0.29) is 69.7 Å². The average Bonchev–Trinajstić information content (AvgIpc) is 2.16. The van der Waals surface area contributed by atoms with Crippen LogP contribution in [0.5, 0.6) is 5.75 Å². The summed E-state index contributed by atoms with van der Waals surface area (Å²) in [6.45, 7) is 0. The number of carboxylic acid groups (broad SMARTS) is 1. The summed E-state index contributed by atoms with van der Waals surface area (Å²) in [7, 11) is 1.25. The Morgan fingerprint density at radius 2 is 1.93 bits per heavy atom. The van der Waals surface area contributed by atoms with Crippen molar-refractivity contribution in [3.63, 3.8) is 0 Å². The van der Waals surface area contributed by atoms with Gasteiger partial charge >= 0.3 is 58.2 Å². The van der Waals surface area contributed by atoms with Crippen molar-refractivity contribution in [2.45, 2.75) is 0 Å². The van der Waals surface area contributed by atoms with E-state index in [1.54, 1.807) is 12.1 Å². The molecule has 74 valence electrons. The number of ether oxygens (including phenoxy) is 1. The van der Waals surface area contributed by atoms with Gasteiger partial charge in [0.2, 0.25) is 0 Å². The SMILES string of the molecule is COC(=Cc1ccc(O)cc1)C(=O)[O-].[Rb+]. The minimum absolute atomic E-state index is 0. The number of phenolic OH excluding ortho intramolecular Hbond substituents is 1. The van der Waals surface area contributed by atoms with E-state index in [0.29, 0.717) is 5.56 Å². The molecule has 1 rings (SSSR count). The number of hydrogen-bond acceptors (Lipinski definition) is 4.